The molecule has 17 heavy (non-hydrogen) atoms. The van der Waals surface area contributed by atoms with Gasteiger partial charge in [0.1, 0.15) is 0 Å². The van der Waals surface area contributed by atoms with Crippen LogP contribution in [0.15, 0.2) is 30.3 Å². The molecular formula is C14H22ClNO. The second-order valence-electron chi connectivity index (χ2n) is 4.22. The van der Waals surface area contributed by atoms with E-state index >= 15 is 0 Å². The van der Waals surface area contributed by atoms with Crippen molar-refractivity contribution in [3.05, 3.63) is 35.9 Å². The summed E-state index contributed by atoms with van der Waals surface area (Å²) in [5.41, 5.74) is 1.22. The normalized spacial score (nSPS) is 12.6. The van der Waals surface area contributed by atoms with Crippen molar-refractivity contribution in [2.75, 3.05) is 19.0 Å². The number of rotatable bonds is 9. The van der Waals surface area contributed by atoms with Crippen LogP contribution in [0.1, 0.15) is 25.3 Å². The van der Waals surface area contributed by atoms with Gasteiger partial charge in [-0.05, 0) is 25.3 Å². The number of benzene rings is 1. The number of nitrogens with one attached hydrogen (secondary N) is 1. The molecule has 0 heterocycles. The van der Waals surface area contributed by atoms with Gasteiger partial charge in [0.05, 0.1) is 13.2 Å². The fraction of sp³-hybridized carbons (Fsp3) is 0.571. The van der Waals surface area contributed by atoms with E-state index < -0.39 is 0 Å². The Morgan fingerprint density at radius 1 is 1.29 bits per heavy atom. The van der Waals surface area contributed by atoms with Gasteiger partial charge in [-0.25, -0.2) is 0 Å². The smallest absolute Gasteiger partial charge is 0.0717 e. The van der Waals surface area contributed by atoms with E-state index in [0.29, 0.717) is 12.6 Å². The Kier molecular flexibility index (Phi) is 8.06. The third-order valence-electron chi connectivity index (χ3n) is 2.62. The maximum Gasteiger partial charge on any atom is 0.0717 e. The zero-order valence-electron chi connectivity index (χ0n) is 10.5. The van der Waals surface area contributed by atoms with Gasteiger partial charge in [0.25, 0.3) is 0 Å². The predicted molar refractivity (Wildman–Crippen MR) is 73.5 cm³/mol. The zero-order chi connectivity index (χ0) is 12.3. The lowest BCUT2D eigenvalue weighted by atomic mass is 10.2. The summed E-state index contributed by atoms with van der Waals surface area (Å²) in [4.78, 5) is 0. The summed E-state index contributed by atoms with van der Waals surface area (Å²) in [7, 11) is 0. The molecule has 0 bridgehead atoms. The average Bonchev–Trinajstić information content (AvgIpc) is 2.37. The predicted octanol–water partition coefficient (Wildman–Crippen LogP) is 3.20. The van der Waals surface area contributed by atoms with Crippen molar-refractivity contribution in [3.63, 3.8) is 0 Å². The highest BCUT2D eigenvalue weighted by atomic mass is 35.5. The minimum atomic E-state index is 0.522. The Balaban J connectivity index is 1.97. The topological polar surface area (TPSA) is 21.3 Å². The first-order chi connectivity index (χ1) is 8.33. The Labute approximate surface area is 109 Å². The van der Waals surface area contributed by atoms with Gasteiger partial charge in [-0.15, -0.1) is 11.6 Å². The molecule has 0 saturated carbocycles. The Morgan fingerprint density at radius 3 is 2.76 bits per heavy atom. The number of hydrogen-bond acceptors (Lipinski definition) is 2. The standard InChI is InChI=1S/C14H22ClNO/c1-13(6-5-9-15)16-10-11-17-12-14-7-3-2-4-8-14/h2-4,7-8,13,16H,5-6,9-12H2,1H3. The van der Waals surface area contributed by atoms with E-state index in [4.69, 9.17) is 16.3 Å². The van der Waals surface area contributed by atoms with Crippen molar-refractivity contribution >= 4 is 11.6 Å². The molecule has 0 aromatic heterocycles. The van der Waals surface area contributed by atoms with E-state index in [1.165, 1.54) is 5.56 Å². The van der Waals surface area contributed by atoms with Gasteiger partial charge < -0.3 is 10.1 Å². The molecule has 1 aromatic carbocycles. The second kappa shape index (κ2) is 9.46. The minimum Gasteiger partial charge on any atom is -0.375 e. The van der Waals surface area contributed by atoms with Crippen LogP contribution in [0.5, 0.6) is 0 Å². The number of hydrogen-bond donors (Lipinski definition) is 1. The van der Waals surface area contributed by atoms with Crippen molar-refractivity contribution in [3.8, 4) is 0 Å². The van der Waals surface area contributed by atoms with E-state index in [1.807, 2.05) is 18.2 Å². The molecule has 0 aliphatic heterocycles. The number of alkyl halides is 1. The van der Waals surface area contributed by atoms with E-state index in [9.17, 15) is 0 Å². The highest BCUT2D eigenvalue weighted by molar-refractivity contribution is 6.17. The maximum absolute atomic E-state index is 5.64. The molecule has 1 aromatic rings. The largest absolute Gasteiger partial charge is 0.375 e. The van der Waals surface area contributed by atoms with Crippen LogP contribution < -0.4 is 5.32 Å². The molecule has 96 valence electrons. The molecule has 1 atom stereocenters. The van der Waals surface area contributed by atoms with E-state index in [-0.39, 0.29) is 0 Å². The summed E-state index contributed by atoms with van der Waals surface area (Å²) >= 11 is 5.64. The SMILES string of the molecule is CC(CCCCl)NCCOCc1ccccc1. The van der Waals surface area contributed by atoms with Crippen LogP contribution in [-0.2, 0) is 11.3 Å². The van der Waals surface area contributed by atoms with Gasteiger partial charge in [0.2, 0.25) is 0 Å². The summed E-state index contributed by atoms with van der Waals surface area (Å²) in [5.74, 6) is 0.747. The molecule has 0 aliphatic carbocycles. The Bertz CT molecular complexity index is 279. The van der Waals surface area contributed by atoms with Crippen molar-refractivity contribution in [1.29, 1.82) is 0 Å². The van der Waals surface area contributed by atoms with E-state index in [2.05, 4.69) is 24.4 Å². The van der Waals surface area contributed by atoms with Gasteiger partial charge in [0, 0.05) is 18.5 Å². The summed E-state index contributed by atoms with van der Waals surface area (Å²) in [5, 5.41) is 3.42. The highest BCUT2D eigenvalue weighted by Gasteiger charge is 1.99. The first-order valence-corrected chi connectivity index (χ1v) is 6.77. The van der Waals surface area contributed by atoms with Crippen LogP contribution in [0.2, 0.25) is 0 Å². The summed E-state index contributed by atoms with van der Waals surface area (Å²) < 4.78 is 5.59. The van der Waals surface area contributed by atoms with Crippen molar-refractivity contribution in [1.82, 2.24) is 5.32 Å². The molecule has 0 aliphatic rings. The number of ether oxygens (including phenoxy) is 1. The molecule has 1 unspecified atom stereocenters. The highest BCUT2D eigenvalue weighted by Crippen LogP contribution is 2.00. The maximum atomic E-state index is 5.64. The van der Waals surface area contributed by atoms with Crippen LogP contribution in [0.3, 0.4) is 0 Å². The van der Waals surface area contributed by atoms with Gasteiger partial charge in [-0.2, -0.15) is 0 Å². The van der Waals surface area contributed by atoms with Crippen LogP contribution in [0.4, 0.5) is 0 Å². The van der Waals surface area contributed by atoms with Crippen molar-refractivity contribution < 1.29 is 4.74 Å². The van der Waals surface area contributed by atoms with Gasteiger partial charge in [-0.3, -0.25) is 0 Å². The molecule has 0 amide bonds. The lowest BCUT2D eigenvalue weighted by molar-refractivity contribution is 0.121. The fourth-order valence-electron chi connectivity index (χ4n) is 1.63. The lowest BCUT2D eigenvalue weighted by Crippen LogP contribution is -2.29. The minimum absolute atomic E-state index is 0.522. The third kappa shape index (κ3) is 7.37. The molecule has 0 fully saturated rings. The number of halogens is 1. The van der Waals surface area contributed by atoms with E-state index in [1.54, 1.807) is 0 Å². The van der Waals surface area contributed by atoms with Gasteiger partial charge in [-0.1, -0.05) is 30.3 Å². The molecule has 0 saturated heterocycles. The summed E-state index contributed by atoms with van der Waals surface area (Å²) in [6, 6.07) is 10.8. The first kappa shape index (κ1) is 14.5. The van der Waals surface area contributed by atoms with Crippen molar-refractivity contribution in [2.45, 2.75) is 32.4 Å². The second-order valence-corrected chi connectivity index (χ2v) is 4.60. The summed E-state index contributed by atoms with van der Waals surface area (Å²) in [6.07, 6.45) is 2.20. The molecule has 2 nitrogen and oxygen atoms in total. The lowest BCUT2D eigenvalue weighted by Gasteiger charge is -2.13. The van der Waals surface area contributed by atoms with Crippen LogP contribution in [-0.4, -0.2) is 25.1 Å². The molecule has 1 N–H and O–H groups in total. The molecular weight excluding hydrogens is 234 g/mol. The van der Waals surface area contributed by atoms with Crippen LogP contribution in [0.25, 0.3) is 0 Å². The van der Waals surface area contributed by atoms with Gasteiger partial charge >= 0.3 is 0 Å². The Hall–Kier alpha value is -0.570. The fourth-order valence-corrected chi connectivity index (χ4v) is 1.78. The third-order valence-corrected chi connectivity index (χ3v) is 2.89. The quantitative estimate of drug-likeness (QED) is 0.541. The van der Waals surface area contributed by atoms with E-state index in [0.717, 1.165) is 31.9 Å². The van der Waals surface area contributed by atoms with Gasteiger partial charge in [0.15, 0.2) is 0 Å². The van der Waals surface area contributed by atoms with Crippen molar-refractivity contribution in [2.24, 2.45) is 0 Å². The average molecular weight is 256 g/mol. The van der Waals surface area contributed by atoms with Crippen LogP contribution in [0, 0.1) is 0 Å². The molecule has 0 spiro atoms. The van der Waals surface area contributed by atoms with Crippen LogP contribution >= 0.6 is 11.6 Å². The first-order valence-electron chi connectivity index (χ1n) is 6.24. The monoisotopic (exact) mass is 255 g/mol. The molecule has 1 rings (SSSR count). The zero-order valence-corrected chi connectivity index (χ0v) is 11.2. The molecule has 3 heteroatoms. The Morgan fingerprint density at radius 2 is 2.06 bits per heavy atom. The summed E-state index contributed by atoms with van der Waals surface area (Å²) in [6.45, 7) is 4.53. The molecule has 0 radical (unpaired) electrons.